The molecule has 0 unspecified atom stereocenters. The highest BCUT2D eigenvalue weighted by molar-refractivity contribution is 8.03. The second-order valence-electron chi connectivity index (χ2n) is 4.59. The van der Waals surface area contributed by atoms with Crippen LogP contribution >= 0.6 is 34.9 Å². The van der Waals surface area contributed by atoms with Crippen LogP contribution in [0.5, 0.6) is 0 Å². The summed E-state index contributed by atoms with van der Waals surface area (Å²) in [6, 6.07) is 6.55. The number of anilines is 1. The summed E-state index contributed by atoms with van der Waals surface area (Å²) in [5.41, 5.74) is 1.07. The minimum atomic E-state index is -0.406. The zero-order valence-electron chi connectivity index (χ0n) is 13.3. The first-order valence-corrected chi connectivity index (χ1v) is 9.98. The van der Waals surface area contributed by atoms with Gasteiger partial charge in [0.1, 0.15) is 0 Å². The van der Waals surface area contributed by atoms with Gasteiger partial charge in [-0.3, -0.25) is 4.79 Å². The van der Waals surface area contributed by atoms with Crippen LogP contribution in [0.1, 0.15) is 23.7 Å². The minimum Gasteiger partial charge on any atom is -0.465 e. The van der Waals surface area contributed by atoms with Gasteiger partial charge in [0.2, 0.25) is 5.91 Å². The number of hydrogen-bond donors (Lipinski definition) is 1. The topological polar surface area (TPSA) is 81.2 Å². The molecule has 24 heavy (non-hydrogen) atoms. The Bertz CT molecular complexity index is 689. The van der Waals surface area contributed by atoms with Crippen LogP contribution in [0.3, 0.4) is 0 Å². The molecule has 0 atom stereocenters. The highest BCUT2D eigenvalue weighted by Crippen LogP contribution is 2.29. The molecule has 0 saturated carbocycles. The average molecular weight is 384 g/mol. The van der Waals surface area contributed by atoms with Gasteiger partial charge in [-0.2, -0.15) is 0 Å². The molecule has 1 heterocycles. The van der Waals surface area contributed by atoms with Crippen molar-refractivity contribution in [1.82, 2.24) is 10.2 Å². The average Bonchev–Trinajstić information content (AvgIpc) is 3.06. The van der Waals surface area contributed by atoms with Gasteiger partial charge in [0.25, 0.3) is 0 Å². The maximum absolute atomic E-state index is 12.0. The summed E-state index contributed by atoms with van der Waals surface area (Å²) in [6.07, 6.45) is 1.09. The lowest BCUT2D eigenvalue weighted by atomic mass is 10.2. The molecule has 2 rings (SSSR count). The van der Waals surface area contributed by atoms with Crippen molar-refractivity contribution >= 4 is 52.4 Å². The van der Waals surface area contributed by atoms with E-state index in [0.717, 1.165) is 20.9 Å². The van der Waals surface area contributed by atoms with Crippen LogP contribution in [0.25, 0.3) is 0 Å². The number of aromatic nitrogens is 2. The number of rotatable bonds is 8. The van der Waals surface area contributed by atoms with Crippen LogP contribution in [0, 0.1) is 0 Å². The lowest BCUT2D eigenvalue weighted by molar-refractivity contribution is -0.113. The molecule has 1 amide bonds. The van der Waals surface area contributed by atoms with Crippen LogP contribution in [-0.4, -0.2) is 40.7 Å². The van der Waals surface area contributed by atoms with E-state index in [1.54, 1.807) is 36.0 Å². The molecule has 0 aliphatic heterocycles. The minimum absolute atomic E-state index is 0.135. The summed E-state index contributed by atoms with van der Waals surface area (Å²) in [5, 5.41) is 10.9. The van der Waals surface area contributed by atoms with Gasteiger partial charge in [0.05, 0.1) is 18.4 Å². The molecule has 0 aliphatic rings. The summed E-state index contributed by atoms with van der Waals surface area (Å²) in [5.74, 6) is 0.730. The fourth-order valence-corrected chi connectivity index (χ4v) is 4.38. The van der Waals surface area contributed by atoms with E-state index in [4.69, 9.17) is 0 Å². The summed E-state index contributed by atoms with van der Waals surface area (Å²) in [6.45, 7) is 2.12. The van der Waals surface area contributed by atoms with Crippen molar-refractivity contribution in [2.75, 3.05) is 23.9 Å². The van der Waals surface area contributed by atoms with Crippen LogP contribution in [0.15, 0.2) is 32.9 Å². The predicted molar refractivity (Wildman–Crippen MR) is 98.1 cm³/mol. The van der Waals surface area contributed by atoms with Crippen molar-refractivity contribution in [1.29, 1.82) is 0 Å². The van der Waals surface area contributed by atoms with E-state index in [1.165, 1.54) is 30.2 Å². The first-order valence-electron chi connectivity index (χ1n) is 7.19. The lowest BCUT2D eigenvalue weighted by Gasteiger charge is -2.05. The maximum Gasteiger partial charge on any atom is 0.337 e. The molecular weight excluding hydrogens is 366 g/mol. The normalized spacial score (nSPS) is 10.4. The third-order valence-electron chi connectivity index (χ3n) is 2.73. The third kappa shape index (κ3) is 5.81. The number of ether oxygens (including phenoxy) is 1. The van der Waals surface area contributed by atoms with E-state index < -0.39 is 5.97 Å². The Morgan fingerprint density at radius 1 is 1.17 bits per heavy atom. The molecule has 1 aromatic carbocycles. The quantitative estimate of drug-likeness (QED) is 0.551. The van der Waals surface area contributed by atoms with E-state index >= 15 is 0 Å². The van der Waals surface area contributed by atoms with Crippen LogP contribution in [0.4, 0.5) is 5.69 Å². The maximum atomic E-state index is 12.0. The molecule has 0 aliphatic carbocycles. The number of esters is 1. The third-order valence-corrected chi connectivity index (χ3v) is 6.13. The molecule has 9 heteroatoms. The van der Waals surface area contributed by atoms with E-state index in [2.05, 4.69) is 27.2 Å². The molecule has 0 radical (unpaired) electrons. The highest BCUT2D eigenvalue weighted by atomic mass is 32.2. The van der Waals surface area contributed by atoms with Gasteiger partial charge in [0, 0.05) is 11.4 Å². The van der Waals surface area contributed by atoms with Gasteiger partial charge in [-0.25, -0.2) is 4.79 Å². The Labute approximate surface area is 152 Å². The van der Waals surface area contributed by atoms with Gasteiger partial charge < -0.3 is 10.1 Å². The summed E-state index contributed by atoms with van der Waals surface area (Å²) in [7, 11) is 1.33. The van der Waals surface area contributed by atoms with Gasteiger partial charge in [-0.15, -0.1) is 10.2 Å². The largest absolute Gasteiger partial charge is 0.465 e. The van der Waals surface area contributed by atoms with Gasteiger partial charge >= 0.3 is 5.97 Å². The van der Waals surface area contributed by atoms with Crippen molar-refractivity contribution in [2.24, 2.45) is 0 Å². The molecule has 128 valence electrons. The SMILES string of the molecule is CCCSc1nnc(SCC(=O)Nc2ccc(C(=O)OC)cc2)s1. The molecule has 0 fully saturated rings. The molecule has 6 nitrogen and oxygen atoms in total. The second kappa shape index (κ2) is 9.65. The van der Waals surface area contributed by atoms with Crippen molar-refractivity contribution in [3.8, 4) is 0 Å². The summed E-state index contributed by atoms with van der Waals surface area (Å²) >= 11 is 4.54. The predicted octanol–water partition coefficient (Wildman–Crippen LogP) is 3.56. The number of nitrogens with zero attached hydrogens (tertiary/aromatic N) is 2. The summed E-state index contributed by atoms with van der Waals surface area (Å²) < 4.78 is 6.34. The number of amides is 1. The molecule has 2 aromatic rings. The number of carbonyl (C=O) groups excluding carboxylic acids is 2. The molecular formula is C15H17N3O3S3. The van der Waals surface area contributed by atoms with Crippen molar-refractivity contribution in [2.45, 2.75) is 22.0 Å². The van der Waals surface area contributed by atoms with E-state index in [0.29, 0.717) is 11.3 Å². The number of benzene rings is 1. The molecule has 0 saturated heterocycles. The standard InChI is InChI=1S/C15H17N3O3S3/c1-3-8-22-14-17-18-15(24-14)23-9-12(19)16-11-6-4-10(5-7-11)13(20)21-2/h4-7H,3,8-9H2,1-2H3,(H,16,19). The lowest BCUT2D eigenvalue weighted by Crippen LogP contribution is -2.14. The second-order valence-corrected chi connectivity index (χ2v) is 8.13. The number of nitrogens with one attached hydrogen (secondary N) is 1. The fourth-order valence-electron chi connectivity index (χ4n) is 1.64. The van der Waals surface area contributed by atoms with Gasteiger partial charge in [-0.05, 0) is 30.7 Å². The monoisotopic (exact) mass is 383 g/mol. The first kappa shape index (κ1) is 18.8. The van der Waals surface area contributed by atoms with Crippen LogP contribution in [0.2, 0.25) is 0 Å². The van der Waals surface area contributed by atoms with Crippen molar-refractivity contribution in [3.63, 3.8) is 0 Å². The van der Waals surface area contributed by atoms with E-state index in [9.17, 15) is 9.59 Å². The summed E-state index contributed by atoms with van der Waals surface area (Å²) in [4.78, 5) is 23.3. The Morgan fingerprint density at radius 3 is 2.46 bits per heavy atom. The number of methoxy groups -OCH3 is 1. The Morgan fingerprint density at radius 2 is 1.83 bits per heavy atom. The smallest absolute Gasteiger partial charge is 0.337 e. The molecule has 1 N–H and O–H groups in total. The van der Waals surface area contributed by atoms with Crippen molar-refractivity contribution < 1.29 is 14.3 Å². The van der Waals surface area contributed by atoms with Crippen LogP contribution < -0.4 is 5.32 Å². The van der Waals surface area contributed by atoms with Crippen molar-refractivity contribution in [3.05, 3.63) is 29.8 Å². The molecule has 0 bridgehead atoms. The number of hydrogen-bond acceptors (Lipinski definition) is 8. The fraction of sp³-hybridized carbons (Fsp3) is 0.333. The number of thioether (sulfide) groups is 2. The molecule has 1 aromatic heterocycles. The zero-order chi connectivity index (χ0) is 17.4. The zero-order valence-corrected chi connectivity index (χ0v) is 15.7. The Hall–Kier alpha value is -1.58. The van der Waals surface area contributed by atoms with Crippen LogP contribution in [-0.2, 0) is 9.53 Å². The van der Waals surface area contributed by atoms with Gasteiger partial charge in [0.15, 0.2) is 8.68 Å². The Balaban J connectivity index is 1.80. The Kier molecular flexibility index (Phi) is 7.54. The first-order chi connectivity index (χ1) is 11.6. The van der Waals surface area contributed by atoms with E-state index in [1.807, 2.05) is 0 Å². The van der Waals surface area contributed by atoms with E-state index in [-0.39, 0.29) is 11.7 Å². The van der Waals surface area contributed by atoms with Gasteiger partial charge in [-0.1, -0.05) is 41.8 Å². The number of carbonyl (C=O) groups is 2. The highest BCUT2D eigenvalue weighted by Gasteiger charge is 2.10. The molecule has 0 spiro atoms.